The van der Waals surface area contributed by atoms with Crippen molar-refractivity contribution in [3.05, 3.63) is 34.9 Å². The van der Waals surface area contributed by atoms with Gasteiger partial charge in [-0.05, 0) is 12.1 Å². The van der Waals surface area contributed by atoms with E-state index in [9.17, 15) is 14.4 Å². The summed E-state index contributed by atoms with van der Waals surface area (Å²) in [5.41, 5.74) is 1.11. The van der Waals surface area contributed by atoms with E-state index < -0.39 is 11.7 Å². The molecule has 2 aromatic heterocycles. The zero-order chi connectivity index (χ0) is 16.4. The van der Waals surface area contributed by atoms with Crippen molar-refractivity contribution in [2.24, 2.45) is 0 Å². The zero-order valence-corrected chi connectivity index (χ0v) is 12.0. The van der Waals surface area contributed by atoms with E-state index in [-0.39, 0.29) is 23.9 Å². The summed E-state index contributed by atoms with van der Waals surface area (Å²) in [5, 5.41) is 12.9. The molecule has 10 heteroatoms. The molecule has 0 saturated carbocycles. The van der Waals surface area contributed by atoms with Crippen LogP contribution in [0, 0.1) is 0 Å². The van der Waals surface area contributed by atoms with Gasteiger partial charge in [-0.1, -0.05) is 6.07 Å². The van der Waals surface area contributed by atoms with Crippen LogP contribution in [0.2, 0.25) is 0 Å². The molecule has 0 aliphatic heterocycles. The third kappa shape index (κ3) is 3.26. The van der Waals surface area contributed by atoms with Crippen LogP contribution in [0.15, 0.2) is 33.6 Å². The predicted octanol–water partition coefficient (Wildman–Crippen LogP) is 0.310. The molecule has 0 radical (unpaired) electrons. The molecule has 10 nitrogen and oxygen atoms in total. The second-order valence-corrected chi connectivity index (χ2v) is 4.69. The number of hydrogen-bond acceptors (Lipinski definition) is 6. The Morgan fingerprint density at radius 3 is 2.96 bits per heavy atom. The van der Waals surface area contributed by atoms with Gasteiger partial charge in [0.1, 0.15) is 6.54 Å². The van der Waals surface area contributed by atoms with E-state index in [2.05, 4.69) is 25.8 Å². The molecule has 3 rings (SSSR count). The highest BCUT2D eigenvalue weighted by Gasteiger charge is 2.11. The van der Waals surface area contributed by atoms with Crippen molar-refractivity contribution in [1.29, 1.82) is 0 Å². The van der Waals surface area contributed by atoms with Crippen LogP contribution in [0.4, 0.5) is 11.5 Å². The molecule has 118 valence electrons. The molecule has 2 amide bonds. The number of para-hydroxylation sites is 1. The highest BCUT2D eigenvalue weighted by atomic mass is 16.4. The van der Waals surface area contributed by atoms with Gasteiger partial charge in [0.15, 0.2) is 11.4 Å². The first kappa shape index (κ1) is 14.5. The molecular formula is C13H12N6O4. The van der Waals surface area contributed by atoms with Crippen LogP contribution in [0.1, 0.15) is 6.92 Å². The summed E-state index contributed by atoms with van der Waals surface area (Å²) in [5.74, 6) is -1.04. The van der Waals surface area contributed by atoms with Crippen LogP contribution < -0.4 is 16.4 Å². The first-order valence-corrected chi connectivity index (χ1v) is 6.60. The number of oxazole rings is 1. The third-order valence-corrected chi connectivity index (χ3v) is 2.85. The van der Waals surface area contributed by atoms with E-state index in [1.54, 1.807) is 18.2 Å². The van der Waals surface area contributed by atoms with Crippen molar-refractivity contribution in [3.63, 3.8) is 0 Å². The first-order chi connectivity index (χ1) is 11.0. The van der Waals surface area contributed by atoms with Crippen molar-refractivity contribution in [2.45, 2.75) is 13.5 Å². The predicted molar refractivity (Wildman–Crippen MR) is 79.8 cm³/mol. The van der Waals surface area contributed by atoms with Crippen molar-refractivity contribution in [2.75, 3.05) is 10.6 Å². The molecule has 2 heterocycles. The monoisotopic (exact) mass is 316 g/mol. The zero-order valence-electron chi connectivity index (χ0n) is 12.0. The molecule has 0 fully saturated rings. The topological polar surface area (TPSA) is 135 Å². The van der Waals surface area contributed by atoms with Crippen molar-refractivity contribution >= 4 is 34.4 Å². The summed E-state index contributed by atoms with van der Waals surface area (Å²) in [4.78, 5) is 37.8. The number of anilines is 2. The fourth-order valence-corrected chi connectivity index (χ4v) is 2.00. The molecule has 0 aliphatic rings. The van der Waals surface area contributed by atoms with Gasteiger partial charge in [-0.3, -0.25) is 14.6 Å². The molecule has 0 spiro atoms. The maximum absolute atomic E-state index is 12.0. The van der Waals surface area contributed by atoms with Crippen molar-refractivity contribution in [1.82, 2.24) is 20.0 Å². The van der Waals surface area contributed by atoms with E-state index in [1.165, 1.54) is 13.1 Å². The van der Waals surface area contributed by atoms with Crippen molar-refractivity contribution < 1.29 is 14.0 Å². The number of fused-ring (bicyclic) bond motifs is 1. The van der Waals surface area contributed by atoms with Gasteiger partial charge in [-0.25, -0.2) is 4.79 Å². The van der Waals surface area contributed by atoms with Crippen LogP contribution in [-0.2, 0) is 16.1 Å². The largest absolute Gasteiger partial charge is 0.417 e. The van der Waals surface area contributed by atoms with Crippen LogP contribution in [0.5, 0.6) is 0 Å². The van der Waals surface area contributed by atoms with E-state index in [1.807, 2.05) is 0 Å². The summed E-state index contributed by atoms with van der Waals surface area (Å²) < 4.78 is 4.99. The minimum absolute atomic E-state index is 0.162. The van der Waals surface area contributed by atoms with Gasteiger partial charge in [-0.15, -0.1) is 5.10 Å². The van der Waals surface area contributed by atoms with E-state index >= 15 is 0 Å². The Labute approximate surface area is 128 Å². The number of benzene rings is 1. The molecule has 23 heavy (non-hydrogen) atoms. The number of aromatic amines is 1. The number of nitrogens with zero attached hydrogens (tertiary/aromatic N) is 3. The Kier molecular flexibility index (Phi) is 3.63. The number of aromatic nitrogens is 4. The minimum Gasteiger partial charge on any atom is -0.406 e. The molecule has 0 atom stereocenters. The Morgan fingerprint density at radius 2 is 2.17 bits per heavy atom. The summed E-state index contributed by atoms with van der Waals surface area (Å²) in [6.45, 7) is 1.18. The average Bonchev–Trinajstić information content (AvgIpc) is 3.04. The molecule has 0 saturated heterocycles. The second-order valence-electron chi connectivity index (χ2n) is 4.69. The number of nitrogens with one attached hydrogen (secondary N) is 3. The molecular weight excluding hydrogens is 304 g/mol. The molecule has 1 aromatic carbocycles. The number of H-pyrrole nitrogens is 1. The Morgan fingerprint density at radius 1 is 1.35 bits per heavy atom. The molecule has 0 bridgehead atoms. The van der Waals surface area contributed by atoms with Gasteiger partial charge in [0.25, 0.3) is 0 Å². The van der Waals surface area contributed by atoms with Gasteiger partial charge >= 0.3 is 5.76 Å². The SMILES string of the molecule is CC(=O)Nc1cnn(CC(=O)Nc2cccc3[nH]c(=O)oc23)n1. The van der Waals surface area contributed by atoms with Crippen molar-refractivity contribution in [3.8, 4) is 0 Å². The number of amides is 2. The lowest BCUT2D eigenvalue weighted by Gasteiger charge is -2.04. The standard InChI is InChI=1S/C13H12N6O4/c1-7(20)15-10-5-14-19(18-10)6-11(21)16-8-3-2-4-9-12(8)23-13(22)17-9/h2-5H,6H2,1H3,(H,16,21)(H,17,22)(H,15,18,20). The lowest BCUT2D eigenvalue weighted by atomic mass is 10.3. The lowest BCUT2D eigenvalue weighted by molar-refractivity contribution is -0.117. The normalized spacial score (nSPS) is 10.7. The highest BCUT2D eigenvalue weighted by molar-refractivity contribution is 5.98. The second kappa shape index (κ2) is 5.75. The molecule has 3 aromatic rings. The third-order valence-electron chi connectivity index (χ3n) is 2.85. The van der Waals surface area contributed by atoms with Gasteiger partial charge < -0.3 is 15.1 Å². The summed E-state index contributed by atoms with van der Waals surface area (Å²) in [6.07, 6.45) is 1.33. The Bertz CT molecular complexity index is 937. The van der Waals surface area contributed by atoms with Crippen LogP contribution in [-0.4, -0.2) is 31.8 Å². The average molecular weight is 316 g/mol. The van der Waals surface area contributed by atoms with E-state index in [4.69, 9.17) is 4.42 Å². The summed E-state index contributed by atoms with van der Waals surface area (Å²) in [6, 6.07) is 4.94. The van der Waals surface area contributed by atoms with Crippen LogP contribution >= 0.6 is 0 Å². The quantitative estimate of drug-likeness (QED) is 0.634. The first-order valence-electron chi connectivity index (χ1n) is 6.60. The number of carbonyl (C=O) groups excluding carboxylic acids is 2. The number of carbonyl (C=O) groups is 2. The van der Waals surface area contributed by atoms with Crippen LogP contribution in [0.3, 0.4) is 0 Å². The van der Waals surface area contributed by atoms with Crippen LogP contribution in [0.25, 0.3) is 11.1 Å². The van der Waals surface area contributed by atoms with E-state index in [0.717, 1.165) is 4.80 Å². The fourth-order valence-electron chi connectivity index (χ4n) is 2.00. The fraction of sp³-hybridized carbons (Fsp3) is 0.154. The van der Waals surface area contributed by atoms with Gasteiger partial charge in [0, 0.05) is 6.92 Å². The van der Waals surface area contributed by atoms with Gasteiger partial charge in [0.05, 0.1) is 17.4 Å². The summed E-state index contributed by atoms with van der Waals surface area (Å²) >= 11 is 0. The molecule has 3 N–H and O–H groups in total. The maximum Gasteiger partial charge on any atom is 0.417 e. The van der Waals surface area contributed by atoms with Gasteiger partial charge in [-0.2, -0.15) is 9.90 Å². The molecule has 0 unspecified atom stereocenters. The smallest absolute Gasteiger partial charge is 0.406 e. The Balaban J connectivity index is 1.72. The number of rotatable bonds is 4. The maximum atomic E-state index is 12.0. The van der Waals surface area contributed by atoms with Gasteiger partial charge in [0.2, 0.25) is 11.8 Å². The molecule has 0 aliphatic carbocycles. The highest BCUT2D eigenvalue weighted by Crippen LogP contribution is 2.20. The Hall–Kier alpha value is -3.43. The summed E-state index contributed by atoms with van der Waals surface area (Å²) in [7, 11) is 0. The number of hydrogen-bond donors (Lipinski definition) is 3. The lowest BCUT2D eigenvalue weighted by Crippen LogP contribution is -2.20. The minimum atomic E-state index is -0.601. The van der Waals surface area contributed by atoms with E-state index in [0.29, 0.717) is 11.2 Å².